The van der Waals surface area contributed by atoms with E-state index in [-0.39, 0.29) is 11.9 Å². The summed E-state index contributed by atoms with van der Waals surface area (Å²) in [6.07, 6.45) is 3.59. The second-order valence-corrected chi connectivity index (χ2v) is 6.22. The van der Waals surface area contributed by atoms with Crippen molar-refractivity contribution in [2.45, 2.75) is 25.3 Å². The quantitative estimate of drug-likeness (QED) is 0.878. The third-order valence-electron chi connectivity index (χ3n) is 3.96. The summed E-state index contributed by atoms with van der Waals surface area (Å²) in [7, 11) is 1.91. The van der Waals surface area contributed by atoms with Crippen LogP contribution < -0.4 is 5.32 Å². The van der Waals surface area contributed by atoms with E-state index in [4.69, 9.17) is 0 Å². The minimum absolute atomic E-state index is 0.0212. The van der Waals surface area contributed by atoms with E-state index in [1.807, 2.05) is 13.1 Å². The van der Waals surface area contributed by atoms with Gasteiger partial charge in [0.1, 0.15) is 5.82 Å². The largest absolute Gasteiger partial charge is 0.309 e. The van der Waals surface area contributed by atoms with Crippen molar-refractivity contribution in [2.75, 3.05) is 7.05 Å². The summed E-state index contributed by atoms with van der Waals surface area (Å²) in [4.78, 5) is 0. The summed E-state index contributed by atoms with van der Waals surface area (Å²) in [5.41, 5.74) is 5.05. The van der Waals surface area contributed by atoms with E-state index in [9.17, 15) is 4.39 Å². The van der Waals surface area contributed by atoms with E-state index in [0.29, 0.717) is 0 Å². The van der Waals surface area contributed by atoms with Crippen LogP contribution in [0.25, 0.3) is 0 Å². The average Bonchev–Trinajstić information content (AvgIpc) is 2.86. The second-order valence-electron chi connectivity index (χ2n) is 5.31. The lowest BCUT2D eigenvalue weighted by molar-refractivity contribution is 0.615. The van der Waals surface area contributed by atoms with Crippen LogP contribution in [-0.2, 0) is 12.8 Å². The van der Waals surface area contributed by atoms with Gasteiger partial charge in [-0.15, -0.1) is 0 Å². The van der Waals surface area contributed by atoms with Crippen molar-refractivity contribution in [3.63, 3.8) is 0 Å². The first-order chi connectivity index (χ1) is 9.67. The highest BCUT2D eigenvalue weighted by molar-refractivity contribution is 9.10. The fourth-order valence-electron chi connectivity index (χ4n) is 3.04. The molecular weight excluding hydrogens is 317 g/mol. The maximum absolute atomic E-state index is 13.6. The van der Waals surface area contributed by atoms with E-state index in [1.165, 1.54) is 35.6 Å². The van der Waals surface area contributed by atoms with Crippen molar-refractivity contribution in [1.82, 2.24) is 5.32 Å². The van der Waals surface area contributed by atoms with Gasteiger partial charge < -0.3 is 5.32 Å². The molecular formula is C17H17BrFN. The summed E-state index contributed by atoms with van der Waals surface area (Å²) < 4.78 is 14.4. The molecule has 0 bridgehead atoms. The van der Waals surface area contributed by atoms with Crippen LogP contribution in [-0.4, -0.2) is 7.05 Å². The Hall–Kier alpha value is -1.19. The summed E-state index contributed by atoms with van der Waals surface area (Å²) in [6.45, 7) is 0. The molecule has 3 heteroatoms. The Morgan fingerprint density at radius 3 is 2.60 bits per heavy atom. The highest BCUT2D eigenvalue weighted by atomic mass is 79.9. The normalized spacial score (nSPS) is 15.2. The molecule has 0 aliphatic heterocycles. The first kappa shape index (κ1) is 13.8. The molecule has 2 aromatic carbocycles. The molecule has 3 rings (SSSR count). The van der Waals surface area contributed by atoms with Gasteiger partial charge in [-0.05, 0) is 66.8 Å². The first-order valence-electron chi connectivity index (χ1n) is 6.92. The molecule has 0 radical (unpaired) electrons. The van der Waals surface area contributed by atoms with Gasteiger partial charge in [0.05, 0.1) is 6.04 Å². The zero-order valence-electron chi connectivity index (χ0n) is 11.4. The predicted octanol–water partition coefficient (Wildman–Crippen LogP) is 4.39. The number of hydrogen-bond donors (Lipinski definition) is 1. The zero-order chi connectivity index (χ0) is 14.1. The lowest BCUT2D eigenvalue weighted by atomic mass is 9.96. The van der Waals surface area contributed by atoms with Crippen molar-refractivity contribution < 1.29 is 4.39 Å². The van der Waals surface area contributed by atoms with E-state index in [2.05, 4.69) is 39.4 Å². The van der Waals surface area contributed by atoms with Crippen molar-refractivity contribution in [3.8, 4) is 0 Å². The average molecular weight is 334 g/mol. The summed E-state index contributed by atoms with van der Waals surface area (Å²) in [5.74, 6) is -0.212. The minimum Gasteiger partial charge on any atom is -0.309 e. The molecule has 0 spiro atoms. The van der Waals surface area contributed by atoms with Gasteiger partial charge in [-0.3, -0.25) is 0 Å². The van der Waals surface area contributed by atoms with Crippen molar-refractivity contribution in [1.29, 1.82) is 0 Å². The number of nitrogens with one attached hydrogen (secondary N) is 1. The number of hydrogen-bond acceptors (Lipinski definition) is 1. The maximum atomic E-state index is 13.6. The molecule has 0 saturated heterocycles. The fourth-order valence-corrected chi connectivity index (χ4v) is 3.52. The van der Waals surface area contributed by atoms with Crippen molar-refractivity contribution in [2.24, 2.45) is 0 Å². The molecule has 104 valence electrons. The van der Waals surface area contributed by atoms with Crippen LogP contribution in [0.2, 0.25) is 0 Å². The molecule has 0 amide bonds. The van der Waals surface area contributed by atoms with Crippen molar-refractivity contribution in [3.05, 3.63) is 68.9 Å². The van der Waals surface area contributed by atoms with Crippen LogP contribution in [0.5, 0.6) is 0 Å². The maximum Gasteiger partial charge on any atom is 0.124 e. The van der Waals surface area contributed by atoms with Crippen LogP contribution in [0.3, 0.4) is 0 Å². The van der Waals surface area contributed by atoms with Gasteiger partial charge in [0.25, 0.3) is 0 Å². The van der Waals surface area contributed by atoms with Crippen LogP contribution in [0.1, 0.15) is 34.7 Å². The Morgan fingerprint density at radius 2 is 1.85 bits per heavy atom. The smallest absolute Gasteiger partial charge is 0.124 e. The second kappa shape index (κ2) is 5.66. The molecule has 0 aromatic heterocycles. The SMILES string of the molecule is CNC(c1cc(F)cc(Br)c1)c1ccc2c(c1)CCC2. The lowest BCUT2D eigenvalue weighted by Crippen LogP contribution is -2.18. The van der Waals surface area contributed by atoms with Gasteiger partial charge >= 0.3 is 0 Å². The fraction of sp³-hybridized carbons (Fsp3) is 0.294. The molecule has 20 heavy (non-hydrogen) atoms. The molecule has 1 aliphatic carbocycles. The number of halogens is 2. The summed E-state index contributed by atoms with van der Waals surface area (Å²) >= 11 is 3.36. The van der Waals surface area contributed by atoms with Gasteiger partial charge in [-0.25, -0.2) is 4.39 Å². The molecule has 0 fully saturated rings. The number of rotatable bonds is 3. The molecule has 0 saturated carbocycles. The van der Waals surface area contributed by atoms with E-state index < -0.39 is 0 Å². The van der Waals surface area contributed by atoms with Gasteiger partial charge in [-0.2, -0.15) is 0 Å². The standard InChI is InChI=1S/C17H17BrFN/c1-20-17(14-8-15(18)10-16(19)9-14)13-6-5-11-3-2-4-12(11)7-13/h5-10,17,20H,2-4H2,1H3. The van der Waals surface area contributed by atoms with Gasteiger partial charge in [0, 0.05) is 4.47 Å². The molecule has 1 N–H and O–H groups in total. The van der Waals surface area contributed by atoms with Gasteiger partial charge in [0.15, 0.2) is 0 Å². The predicted molar refractivity (Wildman–Crippen MR) is 83.5 cm³/mol. The van der Waals surface area contributed by atoms with E-state index in [0.717, 1.165) is 16.5 Å². The Labute approximate surface area is 127 Å². The third-order valence-corrected chi connectivity index (χ3v) is 4.42. The van der Waals surface area contributed by atoms with Crippen LogP contribution in [0.4, 0.5) is 4.39 Å². The van der Waals surface area contributed by atoms with Gasteiger partial charge in [0.2, 0.25) is 0 Å². The first-order valence-corrected chi connectivity index (χ1v) is 7.71. The number of benzene rings is 2. The Balaban J connectivity index is 2.01. The monoisotopic (exact) mass is 333 g/mol. The van der Waals surface area contributed by atoms with E-state index >= 15 is 0 Å². The molecule has 1 aliphatic rings. The van der Waals surface area contributed by atoms with Crippen molar-refractivity contribution >= 4 is 15.9 Å². The third kappa shape index (κ3) is 2.65. The Morgan fingerprint density at radius 1 is 1.05 bits per heavy atom. The van der Waals surface area contributed by atoms with Crippen LogP contribution in [0.15, 0.2) is 40.9 Å². The van der Waals surface area contributed by atoms with Crippen LogP contribution in [0, 0.1) is 5.82 Å². The Bertz CT molecular complexity index is 619. The summed E-state index contributed by atoms with van der Waals surface area (Å²) in [5, 5.41) is 3.29. The number of fused-ring (bicyclic) bond motifs is 1. The molecule has 0 heterocycles. The molecule has 1 unspecified atom stereocenters. The minimum atomic E-state index is -0.212. The highest BCUT2D eigenvalue weighted by Gasteiger charge is 2.17. The highest BCUT2D eigenvalue weighted by Crippen LogP contribution is 2.29. The lowest BCUT2D eigenvalue weighted by Gasteiger charge is -2.19. The van der Waals surface area contributed by atoms with E-state index in [1.54, 1.807) is 6.07 Å². The topological polar surface area (TPSA) is 12.0 Å². The Kier molecular flexibility index (Phi) is 3.90. The number of aryl methyl sites for hydroxylation is 2. The summed E-state index contributed by atoms with van der Waals surface area (Å²) in [6, 6.07) is 11.7. The van der Waals surface area contributed by atoms with Gasteiger partial charge in [-0.1, -0.05) is 34.1 Å². The zero-order valence-corrected chi connectivity index (χ0v) is 13.0. The molecule has 1 atom stereocenters. The molecule has 2 aromatic rings. The molecule has 1 nitrogen and oxygen atoms in total. The van der Waals surface area contributed by atoms with Crippen LogP contribution >= 0.6 is 15.9 Å².